The maximum Gasteiger partial charge on any atom is 0.254 e. The molecule has 0 radical (unpaired) electrons. The zero-order valence-corrected chi connectivity index (χ0v) is 18.2. The van der Waals surface area contributed by atoms with E-state index in [1.807, 2.05) is 72.5 Å². The van der Waals surface area contributed by atoms with Gasteiger partial charge in [-0.2, -0.15) is 0 Å². The second-order valence-electron chi connectivity index (χ2n) is 8.08. The number of aryl methyl sites for hydroxylation is 1. The molecule has 1 aromatic heterocycles. The summed E-state index contributed by atoms with van der Waals surface area (Å²) >= 11 is 0. The fourth-order valence-corrected chi connectivity index (χ4v) is 4.07. The second-order valence-corrected chi connectivity index (χ2v) is 8.08. The molecule has 2 heterocycles. The smallest absolute Gasteiger partial charge is 0.254 e. The highest BCUT2D eigenvalue weighted by atomic mass is 16.4. The number of fused-ring (bicyclic) bond motifs is 1. The summed E-state index contributed by atoms with van der Waals surface area (Å²) in [6.45, 7) is 4.09. The normalized spacial score (nSPS) is 13.6. The molecule has 0 saturated carbocycles. The molecule has 0 unspecified atom stereocenters. The molecule has 5 rings (SSSR count). The molecule has 1 aliphatic heterocycles. The van der Waals surface area contributed by atoms with Gasteiger partial charge in [-0.15, -0.1) is 10.2 Å². The molecule has 3 aromatic carbocycles. The molecular weight excluding hydrogens is 400 g/mol. The van der Waals surface area contributed by atoms with Crippen molar-refractivity contribution in [1.82, 2.24) is 15.1 Å². The first-order valence-electron chi connectivity index (χ1n) is 10.7. The van der Waals surface area contributed by atoms with E-state index in [2.05, 4.69) is 34.3 Å². The van der Waals surface area contributed by atoms with Gasteiger partial charge in [0, 0.05) is 49.1 Å². The average molecular weight is 425 g/mol. The largest absolute Gasteiger partial charge is 0.416 e. The summed E-state index contributed by atoms with van der Waals surface area (Å²) in [7, 11) is 2.07. The van der Waals surface area contributed by atoms with Gasteiger partial charge in [0.15, 0.2) is 0 Å². The summed E-state index contributed by atoms with van der Waals surface area (Å²) in [6.07, 6.45) is 0. The van der Waals surface area contributed by atoms with E-state index in [1.54, 1.807) is 0 Å². The Kier molecular flexibility index (Phi) is 5.19. The molecule has 0 fully saturated rings. The topological polar surface area (TPSA) is 62.5 Å². The molecule has 160 valence electrons. The zero-order chi connectivity index (χ0) is 22.1. The van der Waals surface area contributed by atoms with Gasteiger partial charge < -0.3 is 14.2 Å². The van der Waals surface area contributed by atoms with Crippen molar-refractivity contribution in [1.29, 1.82) is 0 Å². The lowest BCUT2D eigenvalue weighted by Crippen LogP contribution is -2.34. The van der Waals surface area contributed by atoms with E-state index in [0.717, 1.165) is 28.8 Å². The second kappa shape index (κ2) is 8.30. The lowest BCUT2D eigenvalue weighted by molar-refractivity contribution is 0.0752. The number of benzene rings is 3. The fraction of sp³-hybridized carbons (Fsp3) is 0.192. The third-order valence-corrected chi connectivity index (χ3v) is 5.94. The minimum absolute atomic E-state index is 0.0211. The monoisotopic (exact) mass is 424 g/mol. The third kappa shape index (κ3) is 3.75. The Morgan fingerprint density at radius 1 is 0.875 bits per heavy atom. The lowest BCUT2D eigenvalue weighted by atomic mass is 10.1. The number of hydrogen-bond acceptors (Lipinski definition) is 5. The first-order chi connectivity index (χ1) is 15.6. The predicted octanol–water partition coefficient (Wildman–Crippen LogP) is 4.80. The van der Waals surface area contributed by atoms with Crippen LogP contribution in [0.5, 0.6) is 0 Å². The summed E-state index contributed by atoms with van der Waals surface area (Å²) in [4.78, 5) is 17.3. The van der Waals surface area contributed by atoms with Gasteiger partial charge in [0.1, 0.15) is 0 Å². The number of hydrogen-bond donors (Lipinski definition) is 0. The standard InChI is InChI=1S/C26H24N4O2/c1-18-7-3-5-9-22(18)25-28-27-24(32-25)19-11-13-20(14-12-19)26(31)30-16-15-29(2)23-10-6-4-8-21(23)17-30/h3-14H,15-17H2,1-2H3. The Hall–Kier alpha value is -3.93. The van der Waals surface area contributed by atoms with E-state index < -0.39 is 0 Å². The van der Waals surface area contributed by atoms with E-state index in [1.165, 1.54) is 5.69 Å². The van der Waals surface area contributed by atoms with Crippen molar-refractivity contribution < 1.29 is 9.21 Å². The van der Waals surface area contributed by atoms with Gasteiger partial charge in [0.05, 0.1) is 0 Å². The summed E-state index contributed by atoms with van der Waals surface area (Å²) < 4.78 is 5.90. The van der Waals surface area contributed by atoms with Gasteiger partial charge in [-0.1, -0.05) is 36.4 Å². The Bertz CT molecular complexity index is 1260. The van der Waals surface area contributed by atoms with E-state index >= 15 is 0 Å². The van der Waals surface area contributed by atoms with E-state index in [-0.39, 0.29) is 5.91 Å². The van der Waals surface area contributed by atoms with Crippen LogP contribution < -0.4 is 4.90 Å². The molecule has 0 N–H and O–H groups in total. The van der Waals surface area contributed by atoms with Crippen molar-refractivity contribution in [2.45, 2.75) is 13.5 Å². The number of carbonyl (C=O) groups excluding carboxylic acids is 1. The van der Waals surface area contributed by atoms with Crippen molar-refractivity contribution in [3.63, 3.8) is 0 Å². The quantitative estimate of drug-likeness (QED) is 0.473. The number of rotatable bonds is 3. The molecule has 6 heteroatoms. The van der Waals surface area contributed by atoms with Gasteiger partial charge >= 0.3 is 0 Å². The molecule has 0 atom stereocenters. The van der Waals surface area contributed by atoms with Crippen LogP contribution in [0.15, 0.2) is 77.2 Å². The number of carbonyl (C=O) groups is 1. The van der Waals surface area contributed by atoms with Crippen LogP contribution >= 0.6 is 0 Å². The zero-order valence-electron chi connectivity index (χ0n) is 18.2. The summed E-state index contributed by atoms with van der Waals surface area (Å²) in [6, 6.07) is 23.5. The number of para-hydroxylation sites is 1. The van der Waals surface area contributed by atoms with E-state index in [0.29, 0.717) is 30.4 Å². The van der Waals surface area contributed by atoms with Crippen LogP contribution in [0.4, 0.5) is 5.69 Å². The van der Waals surface area contributed by atoms with Crippen molar-refractivity contribution in [3.8, 4) is 22.9 Å². The van der Waals surface area contributed by atoms with Gasteiger partial charge in [0.2, 0.25) is 11.8 Å². The molecular formula is C26H24N4O2. The molecule has 0 aliphatic carbocycles. The molecule has 1 aliphatic rings. The number of likely N-dealkylation sites (N-methyl/N-ethyl adjacent to an activating group) is 1. The van der Waals surface area contributed by atoms with Crippen LogP contribution in [-0.4, -0.2) is 41.1 Å². The molecule has 32 heavy (non-hydrogen) atoms. The summed E-state index contributed by atoms with van der Waals surface area (Å²) in [5.41, 5.74) is 5.77. The van der Waals surface area contributed by atoms with Gasteiger partial charge in [-0.25, -0.2) is 0 Å². The molecule has 0 bridgehead atoms. The Labute approximate surface area is 187 Å². The minimum atomic E-state index is 0.0211. The molecule has 6 nitrogen and oxygen atoms in total. The first kappa shape index (κ1) is 20.0. The van der Waals surface area contributed by atoms with Gasteiger partial charge in [-0.05, 0) is 54.4 Å². The van der Waals surface area contributed by atoms with Crippen LogP contribution in [0.25, 0.3) is 22.9 Å². The third-order valence-electron chi connectivity index (χ3n) is 5.94. The van der Waals surface area contributed by atoms with Crippen LogP contribution in [0, 0.1) is 6.92 Å². The van der Waals surface area contributed by atoms with Gasteiger partial charge in [-0.3, -0.25) is 4.79 Å². The number of amides is 1. The fourth-order valence-electron chi connectivity index (χ4n) is 4.07. The Morgan fingerprint density at radius 3 is 2.41 bits per heavy atom. The average Bonchev–Trinajstić information content (AvgIpc) is 3.25. The number of aromatic nitrogens is 2. The van der Waals surface area contributed by atoms with Crippen molar-refractivity contribution in [2.24, 2.45) is 0 Å². The highest BCUT2D eigenvalue weighted by Gasteiger charge is 2.22. The molecule has 0 spiro atoms. The SMILES string of the molecule is Cc1ccccc1-c1nnc(-c2ccc(C(=O)N3CCN(C)c4ccccc4C3)cc2)o1. The first-order valence-corrected chi connectivity index (χ1v) is 10.7. The van der Waals surface area contributed by atoms with Crippen LogP contribution in [0.1, 0.15) is 21.5 Å². The number of anilines is 1. The summed E-state index contributed by atoms with van der Waals surface area (Å²) in [5.74, 6) is 0.950. The highest BCUT2D eigenvalue weighted by molar-refractivity contribution is 5.94. The van der Waals surface area contributed by atoms with Crippen molar-refractivity contribution in [3.05, 3.63) is 89.5 Å². The highest BCUT2D eigenvalue weighted by Crippen LogP contribution is 2.27. The van der Waals surface area contributed by atoms with Crippen molar-refractivity contribution in [2.75, 3.05) is 25.0 Å². The van der Waals surface area contributed by atoms with E-state index in [4.69, 9.17) is 4.42 Å². The van der Waals surface area contributed by atoms with Crippen LogP contribution in [0.3, 0.4) is 0 Å². The maximum atomic E-state index is 13.2. The van der Waals surface area contributed by atoms with Gasteiger partial charge in [0.25, 0.3) is 5.91 Å². The van der Waals surface area contributed by atoms with Crippen LogP contribution in [-0.2, 0) is 6.54 Å². The van der Waals surface area contributed by atoms with Crippen molar-refractivity contribution >= 4 is 11.6 Å². The Balaban J connectivity index is 1.35. The lowest BCUT2D eigenvalue weighted by Gasteiger charge is -2.21. The maximum absolute atomic E-state index is 13.2. The molecule has 0 saturated heterocycles. The predicted molar refractivity (Wildman–Crippen MR) is 124 cm³/mol. The van der Waals surface area contributed by atoms with Crippen LogP contribution in [0.2, 0.25) is 0 Å². The summed E-state index contributed by atoms with van der Waals surface area (Å²) in [5, 5.41) is 8.39. The molecule has 1 amide bonds. The molecule has 4 aromatic rings. The number of nitrogens with zero attached hydrogens (tertiary/aromatic N) is 4. The minimum Gasteiger partial charge on any atom is -0.416 e. The van der Waals surface area contributed by atoms with E-state index in [9.17, 15) is 4.79 Å². The Morgan fingerprint density at radius 2 is 1.59 bits per heavy atom.